The molecule has 2 rings (SSSR count). The molecular weight excluding hydrogens is 287 g/mol. The molecule has 0 bridgehead atoms. The molecule has 0 unspecified atom stereocenters. The Bertz CT molecular complexity index is 571. The van der Waals surface area contributed by atoms with Crippen molar-refractivity contribution in [3.8, 4) is 11.7 Å². The fraction of sp³-hybridized carbons (Fsp3) is 0.500. The molecular formula is C12H14F3N5O. The van der Waals surface area contributed by atoms with Crippen LogP contribution in [0.15, 0.2) is 19.0 Å². The highest BCUT2D eigenvalue weighted by molar-refractivity contribution is 5.37. The first-order chi connectivity index (χ1) is 9.97. The summed E-state index contributed by atoms with van der Waals surface area (Å²) in [7, 11) is 0. The van der Waals surface area contributed by atoms with E-state index in [9.17, 15) is 13.2 Å². The Morgan fingerprint density at radius 2 is 2.00 bits per heavy atom. The van der Waals surface area contributed by atoms with Crippen LogP contribution in [0.3, 0.4) is 0 Å². The predicted octanol–water partition coefficient (Wildman–Crippen LogP) is 2.48. The Hall–Kier alpha value is -2.19. The number of rotatable bonds is 6. The monoisotopic (exact) mass is 301 g/mol. The standard InChI is InChI=1S/C12H14F3N5O/c1-9-10(20-8-16-6-19-20)17-7-18-11(9)21-5-3-2-4-12(13,14)15/h6-8H,2-5H2,1H3. The zero-order valence-corrected chi connectivity index (χ0v) is 11.3. The Morgan fingerprint density at radius 1 is 1.19 bits per heavy atom. The summed E-state index contributed by atoms with van der Waals surface area (Å²) in [5, 5.41) is 3.96. The first kappa shape index (κ1) is 15.2. The Balaban J connectivity index is 1.91. The number of hydrogen-bond acceptors (Lipinski definition) is 5. The van der Waals surface area contributed by atoms with Gasteiger partial charge in [-0.05, 0) is 19.8 Å². The van der Waals surface area contributed by atoms with E-state index in [1.54, 1.807) is 6.92 Å². The van der Waals surface area contributed by atoms with Gasteiger partial charge >= 0.3 is 6.18 Å². The van der Waals surface area contributed by atoms with Crippen molar-refractivity contribution in [1.29, 1.82) is 0 Å². The Kier molecular flexibility index (Phi) is 4.71. The van der Waals surface area contributed by atoms with Crippen molar-refractivity contribution in [2.45, 2.75) is 32.4 Å². The molecule has 0 aliphatic carbocycles. The van der Waals surface area contributed by atoms with Gasteiger partial charge in [0, 0.05) is 6.42 Å². The van der Waals surface area contributed by atoms with Gasteiger partial charge in [0.1, 0.15) is 19.0 Å². The van der Waals surface area contributed by atoms with Gasteiger partial charge in [-0.15, -0.1) is 0 Å². The minimum absolute atomic E-state index is 0.0313. The topological polar surface area (TPSA) is 65.7 Å². The van der Waals surface area contributed by atoms with Gasteiger partial charge in [-0.25, -0.2) is 19.6 Å². The molecule has 0 fully saturated rings. The minimum atomic E-state index is -4.12. The molecule has 0 saturated heterocycles. The van der Waals surface area contributed by atoms with E-state index >= 15 is 0 Å². The third-order valence-corrected chi connectivity index (χ3v) is 2.74. The lowest BCUT2D eigenvalue weighted by Crippen LogP contribution is -2.09. The average Bonchev–Trinajstić information content (AvgIpc) is 2.92. The maximum Gasteiger partial charge on any atom is 0.389 e. The van der Waals surface area contributed by atoms with Crippen molar-refractivity contribution in [2.75, 3.05) is 6.61 Å². The maximum absolute atomic E-state index is 12.0. The van der Waals surface area contributed by atoms with E-state index in [1.165, 1.54) is 23.7 Å². The zero-order chi connectivity index (χ0) is 15.3. The van der Waals surface area contributed by atoms with E-state index in [2.05, 4.69) is 20.1 Å². The molecule has 2 aromatic heterocycles. The third-order valence-electron chi connectivity index (χ3n) is 2.74. The van der Waals surface area contributed by atoms with Crippen LogP contribution in [0.5, 0.6) is 5.88 Å². The van der Waals surface area contributed by atoms with Gasteiger partial charge in [0.05, 0.1) is 12.2 Å². The van der Waals surface area contributed by atoms with Crippen LogP contribution in [0.2, 0.25) is 0 Å². The van der Waals surface area contributed by atoms with Crippen LogP contribution in [-0.2, 0) is 0 Å². The fourth-order valence-electron chi connectivity index (χ4n) is 1.72. The second-order valence-electron chi connectivity index (χ2n) is 4.39. The summed E-state index contributed by atoms with van der Waals surface area (Å²) < 4.78 is 42.9. The molecule has 0 aliphatic rings. The zero-order valence-electron chi connectivity index (χ0n) is 11.3. The molecule has 2 aromatic rings. The number of aromatic nitrogens is 5. The lowest BCUT2D eigenvalue weighted by atomic mass is 10.2. The molecule has 0 saturated carbocycles. The number of alkyl halides is 3. The highest BCUT2D eigenvalue weighted by atomic mass is 19.4. The molecule has 21 heavy (non-hydrogen) atoms. The average molecular weight is 301 g/mol. The van der Waals surface area contributed by atoms with E-state index in [0.717, 1.165) is 0 Å². The van der Waals surface area contributed by atoms with Crippen LogP contribution < -0.4 is 4.74 Å². The second-order valence-corrected chi connectivity index (χ2v) is 4.39. The summed E-state index contributed by atoms with van der Waals surface area (Å²) in [5.41, 5.74) is 0.652. The van der Waals surface area contributed by atoms with E-state index in [4.69, 9.17) is 4.74 Å². The molecule has 0 radical (unpaired) electrons. The van der Waals surface area contributed by atoms with Crippen molar-refractivity contribution in [3.63, 3.8) is 0 Å². The third kappa shape index (κ3) is 4.40. The summed E-state index contributed by atoms with van der Waals surface area (Å²) in [4.78, 5) is 11.9. The summed E-state index contributed by atoms with van der Waals surface area (Å²) in [6.07, 6.45) is -0.406. The van der Waals surface area contributed by atoms with E-state index in [0.29, 0.717) is 23.7 Å². The van der Waals surface area contributed by atoms with Crippen LogP contribution in [0.25, 0.3) is 5.82 Å². The molecule has 2 heterocycles. The number of halogens is 3. The van der Waals surface area contributed by atoms with Gasteiger partial charge < -0.3 is 4.74 Å². The summed E-state index contributed by atoms with van der Waals surface area (Å²) >= 11 is 0. The van der Waals surface area contributed by atoms with Crippen molar-refractivity contribution >= 4 is 0 Å². The number of nitrogens with zero attached hydrogens (tertiary/aromatic N) is 5. The molecule has 9 heteroatoms. The minimum Gasteiger partial charge on any atom is -0.477 e. The van der Waals surface area contributed by atoms with E-state index in [1.807, 2.05) is 0 Å². The van der Waals surface area contributed by atoms with Gasteiger partial charge in [0.15, 0.2) is 5.82 Å². The first-order valence-corrected chi connectivity index (χ1v) is 6.33. The van der Waals surface area contributed by atoms with Crippen molar-refractivity contribution in [1.82, 2.24) is 24.7 Å². The summed E-state index contributed by atoms with van der Waals surface area (Å²) in [5.74, 6) is 0.857. The van der Waals surface area contributed by atoms with Gasteiger partial charge in [-0.2, -0.15) is 18.3 Å². The second kappa shape index (κ2) is 6.51. The lowest BCUT2D eigenvalue weighted by Gasteiger charge is -2.10. The smallest absolute Gasteiger partial charge is 0.389 e. The number of ether oxygens (including phenoxy) is 1. The van der Waals surface area contributed by atoms with Gasteiger partial charge in [-0.3, -0.25) is 0 Å². The van der Waals surface area contributed by atoms with Gasteiger partial charge in [-0.1, -0.05) is 0 Å². The van der Waals surface area contributed by atoms with Gasteiger partial charge in [0.2, 0.25) is 5.88 Å². The van der Waals surface area contributed by atoms with Crippen LogP contribution >= 0.6 is 0 Å². The molecule has 0 aromatic carbocycles. The number of hydrogen-bond donors (Lipinski definition) is 0. The van der Waals surface area contributed by atoms with Crippen LogP contribution in [0, 0.1) is 6.92 Å². The first-order valence-electron chi connectivity index (χ1n) is 6.33. The van der Waals surface area contributed by atoms with Crippen LogP contribution in [0.4, 0.5) is 13.2 Å². The largest absolute Gasteiger partial charge is 0.477 e. The molecule has 0 atom stereocenters. The van der Waals surface area contributed by atoms with Gasteiger partial charge in [0.25, 0.3) is 0 Å². The molecule has 114 valence electrons. The molecule has 0 amide bonds. The SMILES string of the molecule is Cc1c(OCCCCC(F)(F)F)ncnc1-n1cncn1. The molecule has 0 spiro atoms. The van der Waals surface area contributed by atoms with Crippen LogP contribution in [-0.4, -0.2) is 37.5 Å². The lowest BCUT2D eigenvalue weighted by molar-refractivity contribution is -0.135. The Morgan fingerprint density at radius 3 is 2.67 bits per heavy atom. The maximum atomic E-state index is 12.0. The summed E-state index contributed by atoms with van der Waals surface area (Å²) in [6.45, 7) is 1.92. The van der Waals surface area contributed by atoms with E-state index < -0.39 is 12.6 Å². The van der Waals surface area contributed by atoms with Crippen molar-refractivity contribution < 1.29 is 17.9 Å². The highest BCUT2D eigenvalue weighted by Gasteiger charge is 2.25. The summed E-state index contributed by atoms with van der Waals surface area (Å²) in [6, 6.07) is 0. The molecule has 0 aliphatic heterocycles. The van der Waals surface area contributed by atoms with Crippen molar-refractivity contribution in [3.05, 3.63) is 24.5 Å². The normalized spacial score (nSPS) is 11.6. The fourth-order valence-corrected chi connectivity index (χ4v) is 1.72. The van der Waals surface area contributed by atoms with E-state index in [-0.39, 0.29) is 13.0 Å². The highest BCUT2D eigenvalue weighted by Crippen LogP contribution is 2.23. The van der Waals surface area contributed by atoms with Crippen LogP contribution in [0.1, 0.15) is 24.8 Å². The molecule has 6 nitrogen and oxygen atoms in total. The predicted molar refractivity (Wildman–Crippen MR) is 67.1 cm³/mol. The molecule has 0 N–H and O–H groups in total. The quantitative estimate of drug-likeness (QED) is 0.767. The Labute approximate surface area is 119 Å². The van der Waals surface area contributed by atoms with Crippen molar-refractivity contribution in [2.24, 2.45) is 0 Å². The number of unbranched alkanes of at least 4 members (excludes halogenated alkanes) is 1.